The minimum absolute atomic E-state index is 0.139. The SMILES string of the molecule is CNCC(C)C(=O)Nc1ccc(C(F)(F)F)cc1Cl. The van der Waals surface area contributed by atoms with E-state index >= 15 is 0 Å². The Morgan fingerprint density at radius 3 is 2.53 bits per heavy atom. The molecule has 0 aliphatic rings. The molecule has 0 aromatic heterocycles. The van der Waals surface area contributed by atoms with Gasteiger partial charge in [0.05, 0.1) is 16.3 Å². The van der Waals surface area contributed by atoms with Crippen LogP contribution >= 0.6 is 11.6 Å². The van der Waals surface area contributed by atoms with Gasteiger partial charge >= 0.3 is 6.18 Å². The smallest absolute Gasteiger partial charge is 0.324 e. The van der Waals surface area contributed by atoms with Crippen LogP contribution in [0.25, 0.3) is 0 Å². The molecular formula is C12H14ClF3N2O. The van der Waals surface area contributed by atoms with Crippen LogP contribution in [0.1, 0.15) is 12.5 Å². The van der Waals surface area contributed by atoms with E-state index < -0.39 is 11.7 Å². The quantitative estimate of drug-likeness (QED) is 0.895. The van der Waals surface area contributed by atoms with Crippen molar-refractivity contribution in [1.82, 2.24) is 5.32 Å². The Labute approximate surface area is 114 Å². The summed E-state index contributed by atoms with van der Waals surface area (Å²) in [5, 5.41) is 5.19. The van der Waals surface area contributed by atoms with E-state index in [4.69, 9.17) is 11.6 Å². The first-order chi connectivity index (χ1) is 8.75. The highest BCUT2D eigenvalue weighted by molar-refractivity contribution is 6.33. The van der Waals surface area contributed by atoms with Crippen molar-refractivity contribution in [3.8, 4) is 0 Å². The maximum Gasteiger partial charge on any atom is 0.416 e. The molecule has 0 radical (unpaired) electrons. The van der Waals surface area contributed by atoms with E-state index in [9.17, 15) is 18.0 Å². The van der Waals surface area contributed by atoms with Crippen molar-refractivity contribution < 1.29 is 18.0 Å². The topological polar surface area (TPSA) is 41.1 Å². The number of carbonyl (C=O) groups is 1. The zero-order chi connectivity index (χ0) is 14.6. The predicted molar refractivity (Wildman–Crippen MR) is 68.2 cm³/mol. The molecule has 1 unspecified atom stereocenters. The summed E-state index contributed by atoms with van der Waals surface area (Å²) in [7, 11) is 1.70. The van der Waals surface area contributed by atoms with E-state index in [1.54, 1.807) is 14.0 Å². The molecule has 1 rings (SSSR count). The van der Waals surface area contributed by atoms with Crippen molar-refractivity contribution in [3.63, 3.8) is 0 Å². The molecule has 106 valence electrons. The van der Waals surface area contributed by atoms with Crippen LogP contribution in [-0.4, -0.2) is 19.5 Å². The van der Waals surface area contributed by atoms with Gasteiger partial charge in [0.2, 0.25) is 5.91 Å². The molecule has 0 saturated heterocycles. The van der Waals surface area contributed by atoms with Gasteiger partial charge < -0.3 is 10.6 Å². The number of carbonyl (C=O) groups excluding carboxylic acids is 1. The van der Waals surface area contributed by atoms with Crippen LogP contribution in [0.5, 0.6) is 0 Å². The van der Waals surface area contributed by atoms with Gasteiger partial charge in [0.25, 0.3) is 0 Å². The van der Waals surface area contributed by atoms with E-state index in [2.05, 4.69) is 10.6 Å². The molecule has 1 atom stereocenters. The van der Waals surface area contributed by atoms with E-state index in [0.717, 1.165) is 18.2 Å². The number of hydrogen-bond donors (Lipinski definition) is 2. The lowest BCUT2D eigenvalue weighted by atomic mass is 10.1. The van der Waals surface area contributed by atoms with Crippen molar-refractivity contribution in [2.24, 2.45) is 5.92 Å². The van der Waals surface area contributed by atoms with Gasteiger partial charge in [-0.1, -0.05) is 18.5 Å². The third-order valence-electron chi connectivity index (χ3n) is 2.51. The second-order valence-electron chi connectivity index (χ2n) is 4.14. The van der Waals surface area contributed by atoms with Crippen molar-refractivity contribution in [2.75, 3.05) is 18.9 Å². The van der Waals surface area contributed by atoms with Crippen LogP contribution in [0.2, 0.25) is 5.02 Å². The van der Waals surface area contributed by atoms with Crippen molar-refractivity contribution in [1.29, 1.82) is 0 Å². The van der Waals surface area contributed by atoms with Gasteiger partial charge in [-0.2, -0.15) is 13.2 Å². The minimum Gasteiger partial charge on any atom is -0.324 e. The number of benzene rings is 1. The van der Waals surface area contributed by atoms with Gasteiger partial charge in [-0.05, 0) is 25.2 Å². The fourth-order valence-corrected chi connectivity index (χ4v) is 1.68. The molecule has 19 heavy (non-hydrogen) atoms. The molecule has 1 aromatic rings. The highest BCUT2D eigenvalue weighted by Gasteiger charge is 2.31. The lowest BCUT2D eigenvalue weighted by molar-refractivity contribution is -0.137. The number of anilines is 1. The van der Waals surface area contributed by atoms with Gasteiger partial charge in [0.1, 0.15) is 0 Å². The molecule has 0 aliphatic carbocycles. The van der Waals surface area contributed by atoms with Gasteiger partial charge in [0.15, 0.2) is 0 Å². The van der Waals surface area contributed by atoms with Gasteiger partial charge in [-0.15, -0.1) is 0 Å². The summed E-state index contributed by atoms with van der Waals surface area (Å²) in [6, 6.07) is 2.82. The molecule has 0 spiro atoms. The first-order valence-electron chi connectivity index (χ1n) is 5.58. The molecule has 0 heterocycles. The third-order valence-corrected chi connectivity index (χ3v) is 2.82. The number of amides is 1. The summed E-state index contributed by atoms with van der Waals surface area (Å²) in [5.41, 5.74) is -0.679. The molecule has 2 N–H and O–H groups in total. The number of nitrogens with one attached hydrogen (secondary N) is 2. The molecule has 0 bridgehead atoms. The van der Waals surface area contributed by atoms with Crippen LogP contribution in [0, 0.1) is 5.92 Å². The molecule has 1 aromatic carbocycles. The standard InChI is InChI=1S/C12H14ClF3N2O/c1-7(6-17-2)11(19)18-10-4-3-8(5-9(10)13)12(14,15)16/h3-5,7,17H,6H2,1-2H3,(H,18,19). The number of hydrogen-bond acceptors (Lipinski definition) is 2. The lowest BCUT2D eigenvalue weighted by Crippen LogP contribution is -2.28. The summed E-state index contributed by atoms with van der Waals surface area (Å²) in [6.45, 7) is 2.16. The zero-order valence-corrected chi connectivity index (χ0v) is 11.2. The monoisotopic (exact) mass is 294 g/mol. The van der Waals surface area contributed by atoms with Crippen molar-refractivity contribution >= 4 is 23.2 Å². The molecule has 7 heteroatoms. The second-order valence-corrected chi connectivity index (χ2v) is 4.55. The Kier molecular flexibility index (Phi) is 5.20. The maximum atomic E-state index is 12.4. The van der Waals surface area contributed by atoms with Crippen LogP contribution < -0.4 is 10.6 Å². The van der Waals surface area contributed by atoms with Crippen LogP contribution in [0.3, 0.4) is 0 Å². The zero-order valence-electron chi connectivity index (χ0n) is 10.4. The van der Waals surface area contributed by atoms with Crippen LogP contribution in [-0.2, 0) is 11.0 Å². The maximum absolute atomic E-state index is 12.4. The van der Waals surface area contributed by atoms with Crippen LogP contribution in [0.15, 0.2) is 18.2 Å². The Hall–Kier alpha value is -1.27. The van der Waals surface area contributed by atoms with Crippen molar-refractivity contribution in [3.05, 3.63) is 28.8 Å². The summed E-state index contributed by atoms with van der Waals surface area (Å²) in [6.07, 6.45) is -4.45. The average Bonchev–Trinajstić information content (AvgIpc) is 2.30. The Morgan fingerprint density at radius 2 is 2.05 bits per heavy atom. The molecule has 0 fully saturated rings. The Balaban J connectivity index is 2.84. The fraction of sp³-hybridized carbons (Fsp3) is 0.417. The summed E-state index contributed by atoms with van der Waals surface area (Å²) in [5.74, 6) is -0.626. The number of alkyl halides is 3. The van der Waals surface area contributed by atoms with E-state index in [0.29, 0.717) is 6.54 Å². The average molecular weight is 295 g/mol. The van der Waals surface area contributed by atoms with Crippen molar-refractivity contribution in [2.45, 2.75) is 13.1 Å². The first-order valence-corrected chi connectivity index (χ1v) is 5.95. The largest absolute Gasteiger partial charge is 0.416 e. The molecule has 0 saturated carbocycles. The van der Waals surface area contributed by atoms with Crippen LogP contribution in [0.4, 0.5) is 18.9 Å². The first kappa shape index (κ1) is 15.8. The van der Waals surface area contributed by atoms with E-state index in [1.165, 1.54) is 0 Å². The van der Waals surface area contributed by atoms with E-state index in [1.807, 2.05) is 0 Å². The third kappa shape index (κ3) is 4.40. The second kappa shape index (κ2) is 6.25. The normalized spacial score (nSPS) is 13.2. The summed E-state index contributed by atoms with van der Waals surface area (Å²) in [4.78, 5) is 11.7. The highest BCUT2D eigenvalue weighted by atomic mass is 35.5. The van der Waals surface area contributed by atoms with E-state index in [-0.39, 0.29) is 22.5 Å². The van der Waals surface area contributed by atoms with Gasteiger partial charge in [-0.3, -0.25) is 4.79 Å². The summed E-state index contributed by atoms with van der Waals surface area (Å²) < 4.78 is 37.3. The van der Waals surface area contributed by atoms with Gasteiger partial charge in [-0.25, -0.2) is 0 Å². The Bertz CT molecular complexity index is 463. The Morgan fingerprint density at radius 1 is 1.42 bits per heavy atom. The lowest BCUT2D eigenvalue weighted by Gasteiger charge is -2.14. The predicted octanol–water partition coefficient (Wildman–Crippen LogP) is 3.15. The van der Waals surface area contributed by atoms with Gasteiger partial charge in [0, 0.05) is 12.5 Å². The highest BCUT2D eigenvalue weighted by Crippen LogP contribution is 2.33. The molecule has 0 aliphatic heterocycles. The summed E-state index contributed by atoms with van der Waals surface area (Å²) >= 11 is 5.73. The fourth-order valence-electron chi connectivity index (χ4n) is 1.45. The molecule has 3 nitrogen and oxygen atoms in total. The molecular weight excluding hydrogens is 281 g/mol. The number of halogens is 4. The molecule has 1 amide bonds. The number of rotatable bonds is 4. The minimum atomic E-state index is -4.45.